The maximum absolute atomic E-state index is 12.3. The molecule has 1 aliphatic carbocycles. The molecule has 114 valence electrons. The van der Waals surface area contributed by atoms with Gasteiger partial charge in [0.2, 0.25) is 0 Å². The van der Waals surface area contributed by atoms with Crippen molar-refractivity contribution in [3.63, 3.8) is 0 Å². The predicted octanol–water partition coefficient (Wildman–Crippen LogP) is 3.73. The number of carbonyl (C=O) groups excluding carboxylic acids is 1. The van der Waals surface area contributed by atoms with E-state index in [4.69, 9.17) is 0 Å². The zero-order valence-corrected chi connectivity index (χ0v) is 13.6. The molecule has 5 nitrogen and oxygen atoms in total. The molecule has 1 amide bonds. The standard InChI is InChI=1S/C15H19BrN2O3/c1-10-9-11(7-8-14(10)18(20)21)15(19)17-13-6-4-2-3-5-12(13)16/h7-9,12-13H,2-6H2,1H3,(H,17,19). The van der Waals surface area contributed by atoms with Crippen LogP contribution < -0.4 is 5.32 Å². The van der Waals surface area contributed by atoms with Gasteiger partial charge in [0.1, 0.15) is 0 Å². The highest BCUT2D eigenvalue weighted by Crippen LogP contribution is 2.24. The molecule has 1 fully saturated rings. The zero-order valence-electron chi connectivity index (χ0n) is 12.0. The topological polar surface area (TPSA) is 72.2 Å². The van der Waals surface area contributed by atoms with Crippen molar-refractivity contribution in [1.82, 2.24) is 5.32 Å². The van der Waals surface area contributed by atoms with Gasteiger partial charge in [-0.3, -0.25) is 14.9 Å². The number of halogens is 1. The summed E-state index contributed by atoms with van der Waals surface area (Å²) in [6.45, 7) is 1.65. The molecule has 2 atom stereocenters. The molecule has 0 saturated heterocycles. The van der Waals surface area contributed by atoms with Crippen LogP contribution in [0.2, 0.25) is 0 Å². The monoisotopic (exact) mass is 354 g/mol. The molecule has 0 radical (unpaired) electrons. The van der Waals surface area contributed by atoms with Crippen LogP contribution in [0.4, 0.5) is 5.69 Å². The fourth-order valence-corrected chi connectivity index (χ4v) is 3.40. The lowest BCUT2D eigenvalue weighted by Gasteiger charge is -2.21. The minimum atomic E-state index is -0.434. The summed E-state index contributed by atoms with van der Waals surface area (Å²) in [5, 5.41) is 13.8. The summed E-state index contributed by atoms with van der Waals surface area (Å²) in [7, 11) is 0. The van der Waals surface area contributed by atoms with Gasteiger partial charge in [0.15, 0.2) is 0 Å². The quantitative estimate of drug-likeness (QED) is 0.389. The van der Waals surface area contributed by atoms with Crippen molar-refractivity contribution in [2.75, 3.05) is 0 Å². The molecule has 1 aliphatic rings. The first kappa shape index (κ1) is 15.9. The number of hydrogen-bond acceptors (Lipinski definition) is 3. The average molecular weight is 355 g/mol. The minimum Gasteiger partial charge on any atom is -0.348 e. The fraction of sp³-hybridized carbons (Fsp3) is 0.533. The van der Waals surface area contributed by atoms with E-state index in [0.29, 0.717) is 16.0 Å². The number of carbonyl (C=O) groups is 1. The number of benzene rings is 1. The van der Waals surface area contributed by atoms with E-state index in [9.17, 15) is 14.9 Å². The van der Waals surface area contributed by atoms with E-state index in [1.165, 1.54) is 25.0 Å². The van der Waals surface area contributed by atoms with E-state index in [1.54, 1.807) is 13.0 Å². The Balaban J connectivity index is 2.09. The van der Waals surface area contributed by atoms with Gasteiger partial charge in [-0.25, -0.2) is 0 Å². The molecular formula is C15H19BrN2O3. The van der Waals surface area contributed by atoms with Gasteiger partial charge in [0, 0.05) is 28.1 Å². The molecule has 1 aromatic carbocycles. The first-order valence-corrected chi connectivity index (χ1v) is 8.10. The number of nitro benzene ring substituents is 1. The molecule has 0 bridgehead atoms. The third-order valence-corrected chi connectivity index (χ3v) is 5.00. The Labute approximate surface area is 132 Å². The number of nitrogens with zero attached hydrogens (tertiary/aromatic N) is 1. The lowest BCUT2D eigenvalue weighted by Crippen LogP contribution is -2.40. The Morgan fingerprint density at radius 1 is 1.33 bits per heavy atom. The number of rotatable bonds is 3. The van der Waals surface area contributed by atoms with Gasteiger partial charge in [0.25, 0.3) is 11.6 Å². The van der Waals surface area contributed by atoms with Crippen LogP contribution in [0.3, 0.4) is 0 Å². The molecule has 0 aromatic heterocycles. The summed E-state index contributed by atoms with van der Waals surface area (Å²) in [5.41, 5.74) is 1.02. The maximum atomic E-state index is 12.3. The van der Waals surface area contributed by atoms with E-state index in [1.807, 2.05) is 0 Å². The predicted molar refractivity (Wildman–Crippen MR) is 84.9 cm³/mol. The van der Waals surface area contributed by atoms with Crippen molar-refractivity contribution in [2.45, 2.75) is 49.9 Å². The van der Waals surface area contributed by atoms with E-state index >= 15 is 0 Å². The van der Waals surface area contributed by atoms with Gasteiger partial charge in [-0.15, -0.1) is 0 Å². The van der Waals surface area contributed by atoms with Crippen molar-refractivity contribution in [1.29, 1.82) is 0 Å². The van der Waals surface area contributed by atoms with Crippen LogP contribution in [0.1, 0.15) is 48.0 Å². The highest BCUT2D eigenvalue weighted by molar-refractivity contribution is 9.09. The second-order valence-corrected chi connectivity index (χ2v) is 6.67. The summed E-state index contributed by atoms with van der Waals surface area (Å²) in [5.74, 6) is -0.163. The van der Waals surface area contributed by atoms with Crippen molar-refractivity contribution in [3.8, 4) is 0 Å². The summed E-state index contributed by atoms with van der Waals surface area (Å²) in [6, 6.07) is 4.60. The van der Waals surface area contributed by atoms with Crippen molar-refractivity contribution in [2.24, 2.45) is 0 Å². The molecule has 0 spiro atoms. The summed E-state index contributed by atoms with van der Waals surface area (Å²) in [4.78, 5) is 23.0. The van der Waals surface area contributed by atoms with Gasteiger partial charge in [-0.1, -0.05) is 35.2 Å². The third kappa shape index (κ3) is 4.03. The highest BCUT2D eigenvalue weighted by atomic mass is 79.9. The molecule has 2 rings (SSSR count). The Bertz CT molecular complexity index is 548. The van der Waals surface area contributed by atoms with Crippen LogP contribution in [0.25, 0.3) is 0 Å². The smallest absolute Gasteiger partial charge is 0.272 e. The summed E-state index contributed by atoms with van der Waals surface area (Å²) in [6.07, 6.45) is 5.52. The second kappa shape index (κ2) is 7.02. The Morgan fingerprint density at radius 3 is 2.71 bits per heavy atom. The minimum absolute atomic E-state index is 0.0411. The highest BCUT2D eigenvalue weighted by Gasteiger charge is 2.24. The second-order valence-electron chi connectivity index (χ2n) is 5.49. The van der Waals surface area contributed by atoms with Crippen LogP contribution in [-0.4, -0.2) is 21.7 Å². The van der Waals surface area contributed by atoms with Crippen LogP contribution in [0.5, 0.6) is 0 Å². The number of nitrogens with one attached hydrogen (secondary N) is 1. The molecule has 0 aliphatic heterocycles. The Morgan fingerprint density at radius 2 is 2.05 bits per heavy atom. The maximum Gasteiger partial charge on any atom is 0.272 e. The van der Waals surface area contributed by atoms with Crippen LogP contribution >= 0.6 is 15.9 Å². The molecule has 1 N–H and O–H groups in total. The number of hydrogen-bond donors (Lipinski definition) is 1. The summed E-state index contributed by atoms with van der Waals surface area (Å²) >= 11 is 3.65. The number of nitro groups is 1. The van der Waals surface area contributed by atoms with Crippen molar-refractivity contribution >= 4 is 27.5 Å². The van der Waals surface area contributed by atoms with E-state index in [2.05, 4.69) is 21.2 Å². The number of alkyl halides is 1. The van der Waals surface area contributed by atoms with E-state index in [-0.39, 0.29) is 17.6 Å². The molecule has 1 aromatic rings. The van der Waals surface area contributed by atoms with Gasteiger partial charge >= 0.3 is 0 Å². The third-order valence-electron chi connectivity index (χ3n) is 3.90. The molecule has 21 heavy (non-hydrogen) atoms. The molecule has 1 saturated carbocycles. The summed E-state index contributed by atoms with van der Waals surface area (Å²) < 4.78 is 0. The Kier molecular flexibility index (Phi) is 5.33. The van der Waals surface area contributed by atoms with Crippen LogP contribution in [0, 0.1) is 17.0 Å². The van der Waals surface area contributed by atoms with Crippen molar-refractivity contribution in [3.05, 3.63) is 39.4 Å². The van der Waals surface area contributed by atoms with Gasteiger partial charge in [-0.2, -0.15) is 0 Å². The first-order valence-electron chi connectivity index (χ1n) is 7.19. The van der Waals surface area contributed by atoms with Crippen LogP contribution in [-0.2, 0) is 0 Å². The lowest BCUT2D eigenvalue weighted by molar-refractivity contribution is -0.385. The van der Waals surface area contributed by atoms with E-state index < -0.39 is 4.92 Å². The van der Waals surface area contributed by atoms with Crippen LogP contribution in [0.15, 0.2) is 18.2 Å². The fourth-order valence-electron chi connectivity index (χ4n) is 2.68. The average Bonchev–Trinajstić information content (AvgIpc) is 2.63. The van der Waals surface area contributed by atoms with Gasteiger partial charge in [-0.05, 0) is 31.9 Å². The largest absolute Gasteiger partial charge is 0.348 e. The first-order chi connectivity index (χ1) is 9.99. The SMILES string of the molecule is Cc1cc(C(=O)NC2CCCCCC2Br)ccc1[N+](=O)[O-]. The number of amides is 1. The zero-order chi connectivity index (χ0) is 15.4. The lowest BCUT2D eigenvalue weighted by atomic mass is 10.1. The molecule has 6 heteroatoms. The molecule has 2 unspecified atom stereocenters. The Hall–Kier alpha value is -1.43. The molecular weight excluding hydrogens is 336 g/mol. The van der Waals surface area contributed by atoms with Gasteiger partial charge < -0.3 is 5.32 Å². The number of aryl methyl sites for hydroxylation is 1. The van der Waals surface area contributed by atoms with Crippen molar-refractivity contribution < 1.29 is 9.72 Å². The normalized spacial score (nSPS) is 22.4. The van der Waals surface area contributed by atoms with Gasteiger partial charge in [0.05, 0.1) is 4.92 Å². The molecule has 0 heterocycles. The van der Waals surface area contributed by atoms with E-state index in [0.717, 1.165) is 19.3 Å².